The SMILES string of the molecule is C#Cc1cccc(Nc2cc(C(=O)O)ccn2)c1. The summed E-state index contributed by atoms with van der Waals surface area (Å²) in [5.41, 5.74) is 1.69. The molecule has 18 heavy (non-hydrogen) atoms. The molecule has 0 saturated heterocycles. The van der Waals surface area contributed by atoms with Gasteiger partial charge in [-0.3, -0.25) is 0 Å². The Labute approximate surface area is 104 Å². The molecule has 0 fully saturated rings. The second kappa shape index (κ2) is 5.02. The number of terminal acetylenes is 1. The number of benzene rings is 1. The number of rotatable bonds is 3. The maximum atomic E-state index is 10.8. The summed E-state index contributed by atoms with van der Waals surface area (Å²) in [5, 5.41) is 11.9. The normalized spacial score (nSPS) is 9.50. The highest BCUT2D eigenvalue weighted by Gasteiger charge is 2.04. The van der Waals surface area contributed by atoms with Crippen molar-refractivity contribution in [1.29, 1.82) is 0 Å². The van der Waals surface area contributed by atoms with Gasteiger partial charge in [-0.1, -0.05) is 12.0 Å². The molecule has 0 aliphatic carbocycles. The summed E-state index contributed by atoms with van der Waals surface area (Å²) >= 11 is 0. The molecule has 2 aromatic rings. The third kappa shape index (κ3) is 2.66. The highest BCUT2D eigenvalue weighted by Crippen LogP contribution is 2.16. The molecular formula is C14H10N2O2. The Morgan fingerprint density at radius 3 is 2.89 bits per heavy atom. The van der Waals surface area contributed by atoms with E-state index in [9.17, 15) is 4.79 Å². The number of nitrogens with zero attached hydrogens (tertiary/aromatic N) is 1. The number of hydrogen-bond acceptors (Lipinski definition) is 3. The summed E-state index contributed by atoms with van der Waals surface area (Å²) in [6.07, 6.45) is 6.75. The van der Waals surface area contributed by atoms with Crippen LogP contribution in [0.1, 0.15) is 15.9 Å². The number of aromatic carboxylic acids is 1. The minimum atomic E-state index is -0.988. The number of anilines is 2. The smallest absolute Gasteiger partial charge is 0.335 e. The molecule has 4 nitrogen and oxygen atoms in total. The fraction of sp³-hybridized carbons (Fsp3) is 0. The molecule has 2 rings (SSSR count). The van der Waals surface area contributed by atoms with Gasteiger partial charge in [0.2, 0.25) is 0 Å². The summed E-state index contributed by atoms with van der Waals surface area (Å²) < 4.78 is 0. The van der Waals surface area contributed by atoms with Crippen LogP contribution in [0.3, 0.4) is 0 Å². The number of carbonyl (C=O) groups is 1. The molecule has 1 aromatic heterocycles. The van der Waals surface area contributed by atoms with E-state index in [1.165, 1.54) is 18.3 Å². The van der Waals surface area contributed by atoms with Crippen LogP contribution in [0.15, 0.2) is 42.6 Å². The molecule has 0 aliphatic heterocycles. The summed E-state index contributed by atoms with van der Waals surface area (Å²) in [6, 6.07) is 10.1. The van der Waals surface area contributed by atoms with Gasteiger partial charge in [-0.15, -0.1) is 6.42 Å². The molecule has 1 aromatic carbocycles. The fourth-order valence-corrected chi connectivity index (χ4v) is 1.47. The number of aromatic nitrogens is 1. The van der Waals surface area contributed by atoms with Crippen LogP contribution in [-0.2, 0) is 0 Å². The van der Waals surface area contributed by atoms with Gasteiger partial charge in [0.25, 0.3) is 0 Å². The first-order chi connectivity index (χ1) is 8.69. The van der Waals surface area contributed by atoms with Crippen LogP contribution in [0.5, 0.6) is 0 Å². The first-order valence-corrected chi connectivity index (χ1v) is 5.22. The van der Waals surface area contributed by atoms with Crippen LogP contribution >= 0.6 is 0 Å². The van der Waals surface area contributed by atoms with E-state index >= 15 is 0 Å². The lowest BCUT2D eigenvalue weighted by Crippen LogP contribution is -1.99. The molecule has 0 bridgehead atoms. The van der Waals surface area contributed by atoms with E-state index in [1.54, 1.807) is 6.07 Å². The van der Waals surface area contributed by atoms with E-state index in [0.29, 0.717) is 5.82 Å². The molecule has 1 heterocycles. The van der Waals surface area contributed by atoms with Crippen molar-refractivity contribution in [3.05, 3.63) is 53.7 Å². The number of nitrogens with one attached hydrogen (secondary N) is 1. The van der Waals surface area contributed by atoms with Gasteiger partial charge >= 0.3 is 5.97 Å². The molecule has 0 amide bonds. The molecule has 0 spiro atoms. The standard InChI is InChI=1S/C14H10N2O2/c1-2-10-4-3-5-12(8-10)16-13-9-11(14(17)18)6-7-15-13/h1,3-9H,(H,15,16)(H,17,18). The van der Waals surface area contributed by atoms with Crippen molar-refractivity contribution in [2.75, 3.05) is 5.32 Å². The molecule has 88 valence electrons. The lowest BCUT2D eigenvalue weighted by molar-refractivity contribution is 0.0697. The molecule has 0 radical (unpaired) electrons. The highest BCUT2D eigenvalue weighted by atomic mass is 16.4. The Kier molecular flexibility index (Phi) is 3.26. The van der Waals surface area contributed by atoms with E-state index in [-0.39, 0.29) is 5.56 Å². The highest BCUT2D eigenvalue weighted by molar-refractivity contribution is 5.88. The number of hydrogen-bond donors (Lipinski definition) is 2. The average Bonchev–Trinajstić information content (AvgIpc) is 2.39. The average molecular weight is 238 g/mol. The van der Waals surface area contributed by atoms with E-state index in [2.05, 4.69) is 16.2 Å². The summed E-state index contributed by atoms with van der Waals surface area (Å²) in [6.45, 7) is 0. The van der Waals surface area contributed by atoms with Crippen molar-refractivity contribution in [1.82, 2.24) is 4.98 Å². The molecule has 2 N–H and O–H groups in total. The lowest BCUT2D eigenvalue weighted by Gasteiger charge is -2.06. The minimum Gasteiger partial charge on any atom is -0.478 e. The number of pyridine rings is 1. The van der Waals surface area contributed by atoms with Gasteiger partial charge in [0.05, 0.1) is 5.56 Å². The van der Waals surface area contributed by atoms with Crippen LogP contribution in [0.2, 0.25) is 0 Å². The summed E-state index contributed by atoms with van der Waals surface area (Å²) in [4.78, 5) is 14.9. The van der Waals surface area contributed by atoms with Crippen LogP contribution < -0.4 is 5.32 Å². The minimum absolute atomic E-state index is 0.181. The zero-order valence-corrected chi connectivity index (χ0v) is 9.42. The van der Waals surface area contributed by atoms with Gasteiger partial charge in [-0.2, -0.15) is 0 Å². The van der Waals surface area contributed by atoms with Gasteiger partial charge < -0.3 is 10.4 Å². The van der Waals surface area contributed by atoms with Crippen molar-refractivity contribution in [2.45, 2.75) is 0 Å². The first-order valence-electron chi connectivity index (χ1n) is 5.22. The molecule has 0 aliphatic rings. The number of carboxylic acids is 1. The van der Waals surface area contributed by atoms with Crippen molar-refractivity contribution in [3.63, 3.8) is 0 Å². The van der Waals surface area contributed by atoms with Crippen molar-refractivity contribution >= 4 is 17.5 Å². The monoisotopic (exact) mass is 238 g/mol. The summed E-state index contributed by atoms with van der Waals surface area (Å²) in [7, 11) is 0. The van der Waals surface area contributed by atoms with E-state index < -0.39 is 5.97 Å². The Morgan fingerprint density at radius 1 is 1.33 bits per heavy atom. The van der Waals surface area contributed by atoms with Gasteiger partial charge in [0, 0.05) is 17.4 Å². The molecular weight excluding hydrogens is 228 g/mol. The third-order valence-electron chi connectivity index (χ3n) is 2.31. The van der Waals surface area contributed by atoms with Gasteiger partial charge in [-0.05, 0) is 30.3 Å². The lowest BCUT2D eigenvalue weighted by atomic mass is 10.2. The van der Waals surface area contributed by atoms with Crippen LogP contribution in [0.4, 0.5) is 11.5 Å². The second-order valence-electron chi connectivity index (χ2n) is 3.59. The fourth-order valence-electron chi connectivity index (χ4n) is 1.47. The molecule has 0 atom stereocenters. The Bertz CT molecular complexity index is 630. The summed E-state index contributed by atoms with van der Waals surface area (Å²) in [5.74, 6) is 2.00. The van der Waals surface area contributed by atoms with Crippen LogP contribution in [-0.4, -0.2) is 16.1 Å². The zero-order valence-electron chi connectivity index (χ0n) is 9.42. The van der Waals surface area contributed by atoms with E-state index in [1.807, 2.05) is 18.2 Å². The van der Waals surface area contributed by atoms with Crippen LogP contribution in [0.25, 0.3) is 0 Å². The molecule has 0 saturated carbocycles. The number of carboxylic acid groups (broad SMARTS) is 1. The van der Waals surface area contributed by atoms with Crippen molar-refractivity contribution < 1.29 is 9.90 Å². The van der Waals surface area contributed by atoms with E-state index in [0.717, 1.165) is 11.3 Å². The first kappa shape index (κ1) is 11.7. The predicted molar refractivity (Wildman–Crippen MR) is 68.9 cm³/mol. The maximum Gasteiger partial charge on any atom is 0.335 e. The van der Waals surface area contributed by atoms with Crippen molar-refractivity contribution in [2.24, 2.45) is 0 Å². The van der Waals surface area contributed by atoms with Gasteiger partial charge in [0.1, 0.15) is 5.82 Å². The van der Waals surface area contributed by atoms with Gasteiger partial charge in [0.15, 0.2) is 0 Å². The Hall–Kier alpha value is -2.80. The van der Waals surface area contributed by atoms with Crippen molar-refractivity contribution in [3.8, 4) is 12.3 Å². The topological polar surface area (TPSA) is 62.2 Å². The predicted octanol–water partition coefficient (Wildman–Crippen LogP) is 2.50. The maximum absolute atomic E-state index is 10.8. The molecule has 0 unspecified atom stereocenters. The molecule has 4 heteroatoms. The Morgan fingerprint density at radius 2 is 2.17 bits per heavy atom. The Balaban J connectivity index is 2.26. The second-order valence-corrected chi connectivity index (χ2v) is 3.59. The van der Waals surface area contributed by atoms with E-state index in [4.69, 9.17) is 11.5 Å². The van der Waals surface area contributed by atoms with Gasteiger partial charge in [-0.25, -0.2) is 9.78 Å². The quantitative estimate of drug-likeness (QED) is 0.806. The van der Waals surface area contributed by atoms with Crippen LogP contribution in [0, 0.1) is 12.3 Å². The third-order valence-corrected chi connectivity index (χ3v) is 2.31. The largest absolute Gasteiger partial charge is 0.478 e. The zero-order chi connectivity index (χ0) is 13.0.